The van der Waals surface area contributed by atoms with E-state index in [4.69, 9.17) is 0 Å². The Morgan fingerprint density at radius 1 is 1.07 bits per heavy atom. The van der Waals surface area contributed by atoms with Gasteiger partial charge in [-0.1, -0.05) is 76.0 Å². The predicted molar refractivity (Wildman–Crippen MR) is 75.2 cm³/mol. The summed E-state index contributed by atoms with van der Waals surface area (Å²) in [7, 11) is 0. The lowest BCUT2D eigenvalue weighted by atomic mass is 9.78. The van der Waals surface area contributed by atoms with Crippen molar-refractivity contribution in [2.75, 3.05) is 10.7 Å². The Bertz CT molecular complexity index is 276. The Labute approximate surface area is 110 Å². The third-order valence-electron chi connectivity index (χ3n) is 2.70. The van der Waals surface area contributed by atoms with Gasteiger partial charge in [0.25, 0.3) is 0 Å². The molecular weight excluding hydrogens is 316 g/mol. The second kappa shape index (κ2) is 6.05. The number of hydrogen-bond acceptors (Lipinski definition) is 0. The van der Waals surface area contributed by atoms with Crippen LogP contribution in [0, 0.1) is 5.92 Å². The first kappa shape index (κ1) is 13.2. The van der Waals surface area contributed by atoms with Crippen molar-refractivity contribution in [3.8, 4) is 0 Å². The van der Waals surface area contributed by atoms with Gasteiger partial charge in [0.15, 0.2) is 0 Å². The zero-order valence-corrected chi connectivity index (χ0v) is 12.5. The maximum atomic E-state index is 3.67. The van der Waals surface area contributed by atoms with E-state index in [9.17, 15) is 0 Å². The van der Waals surface area contributed by atoms with Gasteiger partial charge in [-0.3, -0.25) is 0 Å². The van der Waals surface area contributed by atoms with Crippen LogP contribution >= 0.6 is 31.9 Å². The van der Waals surface area contributed by atoms with Gasteiger partial charge in [0.2, 0.25) is 0 Å². The van der Waals surface area contributed by atoms with Gasteiger partial charge < -0.3 is 0 Å². The lowest BCUT2D eigenvalue weighted by Crippen LogP contribution is -2.31. The van der Waals surface area contributed by atoms with Crippen LogP contribution in [-0.4, -0.2) is 10.7 Å². The average molecular weight is 334 g/mol. The van der Waals surface area contributed by atoms with Gasteiger partial charge in [0, 0.05) is 16.1 Å². The molecule has 0 heterocycles. The van der Waals surface area contributed by atoms with Gasteiger partial charge in [-0.2, -0.15) is 0 Å². The molecule has 0 bridgehead atoms. The predicted octanol–water partition coefficient (Wildman–Crippen LogP) is 4.76. The lowest BCUT2D eigenvalue weighted by Gasteiger charge is -2.32. The third-order valence-corrected chi connectivity index (χ3v) is 4.84. The molecule has 0 saturated carbocycles. The van der Waals surface area contributed by atoms with Crippen molar-refractivity contribution in [3.05, 3.63) is 35.9 Å². The smallest absolute Gasteiger partial charge is 0.0149 e. The van der Waals surface area contributed by atoms with Crippen LogP contribution in [0.4, 0.5) is 0 Å². The number of halogens is 2. The van der Waals surface area contributed by atoms with Crippen LogP contribution in [0.1, 0.15) is 25.8 Å². The number of rotatable bonds is 5. The van der Waals surface area contributed by atoms with E-state index in [1.54, 1.807) is 0 Å². The molecule has 0 nitrogen and oxygen atoms in total. The Kier molecular flexibility index (Phi) is 5.34. The first-order valence-corrected chi connectivity index (χ1v) is 7.56. The molecule has 0 aliphatic rings. The minimum atomic E-state index is 0.232. The zero-order valence-electron chi connectivity index (χ0n) is 9.34. The van der Waals surface area contributed by atoms with E-state index < -0.39 is 0 Å². The molecule has 0 amide bonds. The van der Waals surface area contributed by atoms with Gasteiger partial charge in [0.05, 0.1) is 0 Å². The molecular formula is C13H18Br2. The summed E-state index contributed by atoms with van der Waals surface area (Å²) in [6.45, 7) is 4.56. The van der Waals surface area contributed by atoms with Crippen LogP contribution in [0.3, 0.4) is 0 Å². The molecule has 2 heteroatoms. The highest BCUT2D eigenvalue weighted by Gasteiger charge is 2.30. The van der Waals surface area contributed by atoms with Crippen LogP contribution in [0.15, 0.2) is 30.3 Å². The SMILES string of the molecule is CC(C)CC(CBr)(CBr)c1ccccc1. The molecule has 84 valence electrons. The molecule has 0 atom stereocenters. The van der Waals surface area contributed by atoms with Crippen molar-refractivity contribution < 1.29 is 0 Å². The summed E-state index contributed by atoms with van der Waals surface area (Å²) in [6.07, 6.45) is 1.20. The van der Waals surface area contributed by atoms with Crippen LogP contribution in [0.2, 0.25) is 0 Å². The summed E-state index contributed by atoms with van der Waals surface area (Å²) in [5, 5.41) is 2.01. The van der Waals surface area contributed by atoms with Crippen molar-refractivity contribution in [1.29, 1.82) is 0 Å². The zero-order chi connectivity index (χ0) is 11.3. The largest absolute Gasteiger partial charge is 0.0918 e. The monoisotopic (exact) mass is 332 g/mol. The summed E-state index contributed by atoms with van der Waals surface area (Å²) in [6, 6.07) is 10.8. The number of alkyl halides is 2. The van der Waals surface area contributed by atoms with Gasteiger partial charge in [-0.15, -0.1) is 0 Å². The van der Waals surface area contributed by atoms with E-state index in [0.717, 1.165) is 10.7 Å². The lowest BCUT2D eigenvalue weighted by molar-refractivity contribution is 0.417. The summed E-state index contributed by atoms with van der Waals surface area (Å²) in [4.78, 5) is 0. The molecule has 0 saturated heterocycles. The Morgan fingerprint density at radius 3 is 2.00 bits per heavy atom. The molecule has 0 aliphatic carbocycles. The van der Waals surface area contributed by atoms with Crippen molar-refractivity contribution in [3.63, 3.8) is 0 Å². The first-order valence-electron chi connectivity index (χ1n) is 5.32. The molecule has 0 radical (unpaired) electrons. The maximum Gasteiger partial charge on any atom is 0.0149 e. The summed E-state index contributed by atoms with van der Waals surface area (Å²) >= 11 is 7.34. The number of hydrogen-bond donors (Lipinski definition) is 0. The molecule has 0 aromatic heterocycles. The van der Waals surface area contributed by atoms with Crippen molar-refractivity contribution in [1.82, 2.24) is 0 Å². The summed E-state index contributed by atoms with van der Waals surface area (Å²) in [5.41, 5.74) is 1.66. The Hall–Kier alpha value is 0.180. The average Bonchev–Trinajstić information content (AvgIpc) is 2.27. The first-order chi connectivity index (χ1) is 7.14. The molecule has 0 spiro atoms. The highest BCUT2D eigenvalue weighted by molar-refractivity contribution is 9.09. The van der Waals surface area contributed by atoms with Gasteiger partial charge in [0.1, 0.15) is 0 Å². The summed E-state index contributed by atoms with van der Waals surface area (Å²) in [5.74, 6) is 0.709. The van der Waals surface area contributed by atoms with E-state index in [0.29, 0.717) is 5.92 Å². The standard InChI is InChI=1S/C13H18Br2/c1-11(2)8-13(9-14,10-15)12-6-4-3-5-7-12/h3-7,11H,8-10H2,1-2H3. The van der Waals surface area contributed by atoms with Crippen LogP contribution in [0.25, 0.3) is 0 Å². The highest BCUT2D eigenvalue weighted by Crippen LogP contribution is 2.35. The molecule has 0 fully saturated rings. The molecule has 15 heavy (non-hydrogen) atoms. The van der Waals surface area contributed by atoms with E-state index in [-0.39, 0.29) is 5.41 Å². The maximum absolute atomic E-state index is 3.67. The molecule has 1 aromatic rings. The van der Waals surface area contributed by atoms with E-state index in [1.165, 1.54) is 12.0 Å². The van der Waals surface area contributed by atoms with Gasteiger partial charge in [-0.25, -0.2) is 0 Å². The quantitative estimate of drug-likeness (QED) is 0.681. The number of benzene rings is 1. The fourth-order valence-corrected chi connectivity index (χ4v) is 4.02. The van der Waals surface area contributed by atoms with Crippen molar-refractivity contribution in [2.24, 2.45) is 5.92 Å². The van der Waals surface area contributed by atoms with Crippen LogP contribution < -0.4 is 0 Å². The fraction of sp³-hybridized carbons (Fsp3) is 0.538. The Balaban J connectivity index is 3.00. The molecule has 0 aliphatic heterocycles. The van der Waals surface area contributed by atoms with Gasteiger partial charge in [-0.05, 0) is 17.9 Å². The molecule has 1 aromatic carbocycles. The second-order valence-electron chi connectivity index (χ2n) is 4.51. The minimum absolute atomic E-state index is 0.232. The van der Waals surface area contributed by atoms with E-state index in [1.807, 2.05) is 0 Å². The molecule has 0 N–H and O–H groups in total. The Morgan fingerprint density at radius 2 is 1.60 bits per heavy atom. The van der Waals surface area contributed by atoms with Crippen LogP contribution in [0.5, 0.6) is 0 Å². The highest BCUT2D eigenvalue weighted by atomic mass is 79.9. The summed E-state index contributed by atoms with van der Waals surface area (Å²) < 4.78 is 0. The van der Waals surface area contributed by atoms with E-state index >= 15 is 0 Å². The normalized spacial score (nSPS) is 12.1. The molecule has 1 rings (SSSR count). The molecule has 0 unspecified atom stereocenters. The van der Waals surface area contributed by atoms with Crippen molar-refractivity contribution in [2.45, 2.75) is 25.7 Å². The third kappa shape index (κ3) is 3.32. The topological polar surface area (TPSA) is 0 Å². The van der Waals surface area contributed by atoms with Crippen LogP contribution in [-0.2, 0) is 5.41 Å². The van der Waals surface area contributed by atoms with Crippen molar-refractivity contribution >= 4 is 31.9 Å². The fourth-order valence-electron chi connectivity index (χ4n) is 1.99. The minimum Gasteiger partial charge on any atom is -0.0918 e. The van der Waals surface area contributed by atoms with E-state index in [2.05, 4.69) is 76.0 Å². The second-order valence-corrected chi connectivity index (χ2v) is 5.63. The van der Waals surface area contributed by atoms with Gasteiger partial charge >= 0.3 is 0 Å².